The zero-order valence-electron chi connectivity index (χ0n) is 9.29. The SMILES string of the molecule is C=C1CC(O)(C(F)(F)F)N(C(=O)c2ccc(Br)o2)N1. The number of hydrogen-bond acceptors (Lipinski definition) is 4. The van der Waals surface area contributed by atoms with Crippen molar-refractivity contribution >= 4 is 21.8 Å². The quantitative estimate of drug-likeness (QED) is 0.822. The molecule has 0 spiro atoms. The lowest BCUT2D eigenvalue weighted by Crippen LogP contribution is -2.59. The summed E-state index contributed by atoms with van der Waals surface area (Å²) >= 11 is 2.93. The molecule has 1 atom stereocenters. The second kappa shape index (κ2) is 4.27. The van der Waals surface area contributed by atoms with Crippen LogP contribution >= 0.6 is 15.9 Å². The highest BCUT2D eigenvalue weighted by atomic mass is 79.9. The van der Waals surface area contributed by atoms with Gasteiger partial charge in [0.25, 0.3) is 5.72 Å². The van der Waals surface area contributed by atoms with E-state index < -0.39 is 24.2 Å². The van der Waals surface area contributed by atoms with Crippen molar-refractivity contribution in [3.8, 4) is 0 Å². The Morgan fingerprint density at radius 3 is 2.68 bits per heavy atom. The summed E-state index contributed by atoms with van der Waals surface area (Å²) in [6, 6.07) is 2.54. The molecule has 0 aliphatic carbocycles. The molecule has 2 rings (SSSR count). The highest BCUT2D eigenvalue weighted by Gasteiger charge is 2.63. The summed E-state index contributed by atoms with van der Waals surface area (Å²) in [6.07, 6.45) is -5.87. The number of furan rings is 1. The van der Waals surface area contributed by atoms with Gasteiger partial charge in [-0.2, -0.15) is 13.2 Å². The van der Waals surface area contributed by atoms with Crippen LogP contribution < -0.4 is 5.43 Å². The lowest BCUT2D eigenvalue weighted by molar-refractivity contribution is -0.299. The molecule has 1 aliphatic rings. The van der Waals surface area contributed by atoms with Gasteiger partial charge in [-0.15, -0.1) is 0 Å². The average molecular weight is 341 g/mol. The molecule has 2 N–H and O–H groups in total. The van der Waals surface area contributed by atoms with Gasteiger partial charge in [0.15, 0.2) is 10.4 Å². The number of nitrogens with zero attached hydrogens (tertiary/aromatic N) is 1. The molecule has 0 aromatic carbocycles. The fourth-order valence-electron chi connectivity index (χ4n) is 1.65. The first kappa shape index (κ1) is 13.9. The van der Waals surface area contributed by atoms with Crippen molar-refractivity contribution in [3.05, 3.63) is 34.8 Å². The zero-order chi connectivity index (χ0) is 14.4. The second-order valence-electron chi connectivity index (χ2n) is 3.95. The lowest BCUT2D eigenvalue weighted by Gasteiger charge is -2.32. The number of hydrogen-bond donors (Lipinski definition) is 2. The predicted octanol–water partition coefficient (Wildman–Crippen LogP) is 2.16. The van der Waals surface area contributed by atoms with E-state index in [1.165, 1.54) is 12.1 Å². The Hall–Kier alpha value is -1.48. The highest BCUT2D eigenvalue weighted by molar-refractivity contribution is 9.10. The molecule has 1 aromatic rings. The number of carbonyl (C=O) groups excluding carboxylic acids is 1. The Balaban J connectivity index is 2.37. The topological polar surface area (TPSA) is 65.7 Å². The molecule has 0 bridgehead atoms. The zero-order valence-corrected chi connectivity index (χ0v) is 10.9. The first-order chi connectivity index (χ1) is 8.65. The summed E-state index contributed by atoms with van der Waals surface area (Å²) in [5, 5.41) is 9.77. The van der Waals surface area contributed by atoms with Crippen molar-refractivity contribution in [1.29, 1.82) is 0 Å². The Morgan fingerprint density at radius 2 is 2.21 bits per heavy atom. The smallest absolute Gasteiger partial charge is 0.438 e. The monoisotopic (exact) mass is 340 g/mol. The van der Waals surface area contributed by atoms with Crippen LogP contribution in [0.5, 0.6) is 0 Å². The summed E-state index contributed by atoms with van der Waals surface area (Å²) in [5.74, 6) is -1.50. The maximum atomic E-state index is 12.9. The third kappa shape index (κ3) is 2.23. The standard InChI is InChI=1S/C10H8BrF3N2O3/c1-5-4-9(18,10(12,13)14)16(15-5)8(17)6-2-3-7(11)19-6/h2-3,15,18H,1,4H2. The van der Waals surface area contributed by atoms with Crippen LogP contribution in [-0.4, -0.2) is 27.9 Å². The Kier molecular flexibility index (Phi) is 3.13. The van der Waals surface area contributed by atoms with Crippen molar-refractivity contribution in [1.82, 2.24) is 10.4 Å². The first-order valence-electron chi connectivity index (χ1n) is 4.98. The van der Waals surface area contributed by atoms with Crippen LogP contribution in [0.4, 0.5) is 13.2 Å². The normalized spacial score (nSPS) is 23.6. The Morgan fingerprint density at radius 1 is 1.58 bits per heavy atom. The molecule has 1 amide bonds. The highest BCUT2D eigenvalue weighted by Crippen LogP contribution is 2.41. The molecule has 2 heterocycles. The fraction of sp³-hybridized carbons (Fsp3) is 0.300. The fourth-order valence-corrected chi connectivity index (χ4v) is 1.96. The van der Waals surface area contributed by atoms with Crippen LogP contribution in [-0.2, 0) is 0 Å². The number of alkyl halides is 3. The summed E-state index contributed by atoms with van der Waals surface area (Å²) < 4.78 is 43.7. The maximum absolute atomic E-state index is 12.9. The molecular formula is C10H8BrF3N2O3. The minimum absolute atomic E-state index is 0.0700. The van der Waals surface area contributed by atoms with E-state index in [2.05, 4.69) is 27.9 Å². The first-order valence-corrected chi connectivity index (χ1v) is 5.78. The van der Waals surface area contributed by atoms with Gasteiger partial charge < -0.3 is 9.52 Å². The van der Waals surface area contributed by atoms with Gasteiger partial charge in [0, 0.05) is 12.1 Å². The van der Waals surface area contributed by atoms with Crippen molar-refractivity contribution in [3.63, 3.8) is 0 Å². The number of carbonyl (C=O) groups is 1. The van der Waals surface area contributed by atoms with Crippen LogP contribution in [0.3, 0.4) is 0 Å². The molecule has 9 heteroatoms. The van der Waals surface area contributed by atoms with Crippen LogP contribution in [0.25, 0.3) is 0 Å². The summed E-state index contributed by atoms with van der Waals surface area (Å²) in [7, 11) is 0. The van der Waals surface area contributed by atoms with E-state index in [0.717, 1.165) is 0 Å². The molecule has 1 saturated heterocycles. The van der Waals surface area contributed by atoms with Gasteiger partial charge in [-0.1, -0.05) is 6.58 Å². The van der Waals surface area contributed by atoms with Gasteiger partial charge in [0.05, 0.1) is 0 Å². The minimum Gasteiger partial charge on any atom is -0.444 e. The van der Waals surface area contributed by atoms with E-state index >= 15 is 0 Å². The van der Waals surface area contributed by atoms with E-state index in [1.54, 1.807) is 0 Å². The van der Waals surface area contributed by atoms with Gasteiger partial charge in [0.2, 0.25) is 0 Å². The van der Waals surface area contributed by atoms with Crippen LogP contribution in [0.15, 0.2) is 33.5 Å². The summed E-state index contributed by atoms with van der Waals surface area (Å²) in [4.78, 5) is 11.9. The van der Waals surface area contributed by atoms with Gasteiger partial charge in [0.1, 0.15) is 0 Å². The van der Waals surface area contributed by atoms with Crippen molar-refractivity contribution in [2.75, 3.05) is 0 Å². The number of rotatable bonds is 1. The molecular weight excluding hydrogens is 333 g/mol. The Labute approximate surface area is 113 Å². The van der Waals surface area contributed by atoms with Crippen molar-refractivity contribution in [2.45, 2.75) is 18.3 Å². The Bertz CT molecular complexity index is 542. The molecule has 5 nitrogen and oxygen atoms in total. The van der Waals surface area contributed by atoms with Crippen molar-refractivity contribution < 1.29 is 27.5 Å². The molecule has 104 valence electrons. The van der Waals surface area contributed by atoms with E-state index in [9.17, 15) is 23.1 Å². The van der Waals surface area contributed by atoms with E-state index in [1.807, 2.05) is 0 Å². The molecule has 1 aromatic heterocycles. The number of amides is 1. The van der Waals surface area contributed by atoms with Gasteiger partial charge >= 0.3 is 12.1 Å². The van der Waals surface area contributed by atoms with E-state index in [-0.39, 0.29) is 21.1 Å². The number of hydrazine groups is 1. The summed E-state index contributed by atoms with van der Waals surface area (Å²) in [5.41, 5.74) is -1.37. The minimum atomic E-state index is -5.03. The lowest BCUT2D eigenvalue weighted by atomic mass is 10.1. The molecule has 19 heavy (non-hydrogen) atoms. The van der Waals surface area contributed by atoms with E-state index in [4.69, 9.17) is 4.42 Å². The van der Waals surface area contributed by atoms with Gasteiger partial charge in [-0.25, -0.2) is 5.01 Å². The third-order valence-electron chi connectivity index (χ3n) is 2.54. The summed E-state index contributed by atoms with van der Waals surface area (Å²) in [6.45, 7) is 3.29. The van der Waals surface area contributed by atoms with Gasteiger partial charge in [-0.3, -0.25) is 10.2 Å². The van der Waals surface area contributed by atoms with Crippen LogP contribution in [0.1, 0.15) is 17.0 Å². The number of halogens is 4. The maximum Gasteiger partial charge on any atom is 0.438 e. The second-order valence-corrected chi connectivity index (χ2v) is 4.73. The van der Waals surface area contributed by atoms with Gasteiger partial charge in [-0.05, 0) is 28.1 Å². The predicted molar refractivity (Wildman–Crippen MR) is 60.5 cm³/mol. The molecule has 1 aliphatic heterocycles. The van der Waals surface area contributed by atoms with Crippen LogP contribution in [0, 0.1) is 0 Å². The largest absolute Gasteiger partial charge is 0.444 e. The molecule has 1 unspecified atom stereocenters. The number of nitrogens with one attached hydrogen (secondary N) is 1. The van der Waals surface area contributed by atoms with Crippen LogP contribution in [0.2, 0.25) is 0 Å². The number of aliphatic hydroxyl groups is 1. The third-order valence-corrected chi connectivity index (χ3v) is 2.97. The average Bonchev–Trinajstić information content (AvgIpc) is 2.81. The molecule has 0 saturated carbocycles. The van der Waals surface area contributed by atoms with E-state index in [0.29, 0.717) is 0 Å². The molecule has 0 radical (unpaired) electrons. The van der Waals surface area contributed by atoms with Crippen molar-refractivity contribution in [2.24, 2.45) is 0 Å². The molecule has 1 fully saturated rings.